The summed E-state index contributed by atoms with van der Waals surface area (Å²) in [5, 5.41) is 0. The molecular formula is C22H27NO2. The summed E-state index contributed by atoms with van der Waals surface area (Å²) < 4.78 is 5.04. The second-order valence-corrected chi connectivity index (χ2v) is 7.14. The Morgan fingerprint density at radius 3 is 2.72 bits per heavy atom. The lowest BCUT2D eigenvalue weighted by Gasteiger charge is -2.19. The van der Waals surface area contributed by atoms with Gasteiger partial charge >= 0.3 is 5.97 Å². The van der Waals surface area contributed by atoms with E-state index in [0.717, 1.165) is 18.3 Å². The summed E-state index contributed by atoms with van der Waals surface area (Å²) in [7, 11) is 0. The summed E-state index contributed by atoms with van der Waals surface area (Å²) in [5.74, 6) is 1.82. The minimum absolute atomic E-state index is 0.236. The number of carbonyl (C=O) groups excluding carboxylic acids is 1. The standard InChI is InChI=1S/C22H27NO2/c1-3-25-22(24)19-9-6-17(7-10-19)13-18-8-11-20(14-18)16(2)21-5-4-12-23-15-21/h4-7,9-10,12,15-16,18,20H,3,8,11,13-14H2,1-2H3/t16-,18?,20-/m0/s1. The number of aromatic nitrogens is 1. The fourth-order valence-electron chi connectivity index (χ4n) is 4.00. The SMILES string of the molecule is CCOC(=O)c1ccc(CC2CC[C@H]([C@H](C)c3cccnc3)C2)cc1. The van der Waals surface area contributed by atoms with E-state index in [1.54, 1.807) is 0 Å². The van der Waals surface area contributed by atoms with Crippen molar-refractivity contribution in [3.05, 3.63) is 65.5 Å². The van der Waals surface area contributed by atoms with Crippen LogP contribution in [0.2, 0.25) is 0 Å². The number of pyridine rings is 1. The Morgan fingerprint density at radius 2 is 2.04 bits per heavy atom. The largest absolute Gasteiger partial charge is 0.462 e. The monoisotopic (exact) mass is 337 g/mol. The molecule has 3 rings (SSSR count). The summed E-state index contributed by atoms with van der Waals surface area (Å²) in [6.45, 7) is 4.58. The summed E-state index contributed by atoms with van der Waals surface area (Å²) in [6, 6.07) is 12.1. The van der Waals surface area contributed by atoms with Crippen molar-refractivity contribution in [3.8, 4) is 0 Å². The minimum Gasteiger partial charge on any atom is -0.462 e. The van der Waals surface area contributed by atoms with Crippen LogP contribution >= 0.6 is 0 Å². The number of ether oxygens (including phenoxy) is 1. The van der Waals surface area contributed by atoms with E-state index in [0.29, 0.717) is 18.1 Å². The lowest BCUT2D eigenvalue weighted by molar-refractivity contribution is 0.0526. The molecule has 0 radical (unpaired) electrons. The molecule has 1 aromatic carbocycles. The van der Waals surface area contributed by atoms with E-state index < -0.39 is 0 Å². The van der Waals surface area contributed by atoms with Gasteiger partial charge in [0.05, 0.1) is 12.2 Å². The molecule has 3 nitrogen and oxygen atoms in total. The van der Waals surface area contributed by atoms with Crippen molar-refractivity contribution in [2.24, 2.45) is 11.8 Å². The Morgan fingerprint density at radius 1 is 1.24 bits per heavy atom. The summed E-state index contributed by atoms with van der Waals surface area (Å²) in [4.78, 5) is 16.0. The fourth-order valence-corrected chi connectivity index (χ4v) is 4.00. The molecule has 2 aromatic rings. The van der Waals surface area contributed by atoms with Gasteiger partial charge in [0, 0.05) is 12.4 Å². The molecule has 1 aromatic heterocycles. The van der Waals surface area contributed by atoms with Gasteiger partial charge in [-0.15, -0.1) is 0 Å². The summed E-state index contributed by atoms with van der Waals surface area (Å²) in [5.41, 5.74) is 3.31. The molecule has 1 aliphatic rings. The maximum atomic E-state index is 11.7. The van der Waals surface area contributed by atoms with E-state index in [9.17, 15) is 4.79 Å². The molecule has 0 N–H and O–H groups in total. The van der Waals surface area contributed by atoms with Crippen LogP contribution in [0.25, 0.3) is 0 Å². The molecule has 0 bridgehead atoms. The van der Waals surface area contributed by atoms with Crippen molar-refractivity contribution in [1.29, 1.82) is 0 Å². The molecule has 1 saturated carbocycles. The average Bonchev–Trinajstić information content (AvgIpc) is 3.11. The number of benzene rings is 1. The Kier molecular flexibility index (Phi) is 5.85. The van der Waals surface area contributed by atoms with Crippen LogP contribution in [0, 0.1) is 11.8 Å². The van der Waals surface area contributed by atoms with Crippen LogP contribution in [-0.2, 0) is 11.2 Å². The Labute approximate surface area is 150 Å². The maximum absolute atomic E-state index is 11.7. The van der Waals surface area contributed by atoms with E-state index in [1.807, 2.05) is 37.5 Å². The second-order valence-electron chi connectivity index (χ2n) is 7.14. The molecule has 3 heteroatoms. The molecule has 0 saturated heterocycles. The lowest BCUT2D eigenvalue weighted by Crippen LogP contribution is -2.08. The number of carbonyl (C=O) groups is 1. The topological polar surface area (TPSA) is 39.2 Å². The molecular weight excluding hydrogens is 310 g/mol. The highest BCUT2D eigenvalue weighted by Gasteiger charge is 2.29. The van der Waals surface area contributed by atoms with Crippen LogP contribution in [0.4, 0.5) is 0 Å². The van der Waals surface area contributed by atoms with Crippen molar-refractivity contribution in [3.63, 3.8) is 0 Å². The van der Waals surface area contributed by atoms with Crippen molar-refractivity contribution >= 4 is 5.97 Å². The molecule has 1 unspecified atom stereocenters. The van der Waals surface area contributed by atoms with Gasteiger partial charge in [-0.3, -0.25) is 4.98 Å². The molecule has 3 atom stereocenters. The zero-order valence-corrected chi connectivity index (χ0v) is 15.2. The third kappa shape index (κ3) is 4.47. The third-order valence-corrected chi connectivity index (χ3v) is 5.49. The van der Waals surface area contributed by atoms with E-state index in [1.165, 1.54) is 30.4 Å². The molecule has 1 heterocycles. The van der Waals surface area contributed by atoms with Gasteiger partial charge in [0.15, 0.2) is 0 Å². The highest BCUT2D eigenvalue weighted by Crippen LogP contribution is 2.41. The van der Waals surface area contributed by atoms with Gasteiger partial charge in [0.2, 0.25) is 0 Å². The zero-order chi connectivity index (χ0) is 17.6. The molecule has 0 spiro atoms. The minimum atomic E-state index is -0.236. The first-order valence-electron chi connectivity index (χ1n) is 9.33. The lowest BCUT2D eigenvalue weighted by atomic mass is 9.86. The summed E-state index contributed by atoms with van der Waals surface area (Å²) in [6.07, 6.45) is 8.80. The van der Waals surface area contributed by atoms with Gasteiger partial charge in [-0.1, -0.05) is 25.1 Å². The molecule has 0 amide bonds. The predicted molar refractivity (Wildman–Crippen MR) is 99.6 cm³/mol. The van der Waals surface area contributed by atoms with Crippen LogP contribution in [0.15, 0.2) is 48.8 Å². The van der Waals surface area contributed by atoms with Crippen molar-refractivity contribution < 1.29 is 9.53 Å². The Balaban J connectivity index is 1.55. The van der Waals surface area contributed by atoms with E-state index in [4.69, 9.17) is 4.74 Å². The van der Waals surface area contributed by atoms with Crippen LogP contribution in [0.1, 0.15) is 60.5 Å². The quantitative estimate of drug-likeness (QED) is 0.695. The fraction of sp³-hybridized carbons (Fsp3) is 0.455. The Bertz CT molecular complexity index is 681. The molecule has 1 fully saturated rings. The van der Waals surface area contributed by atoms with Gasteiger partial charge in [0.25, 0.3) is 0 Å². The Hall–Kier alpha value is -2.16. The van der Waals surface area contributed by atoms with E-state index in [2.05, 4.69) is 30.1 Å². The smallest absolute Gasteiger partial charge is 0.338 e. The number of nitrogens with zero attached hydrogens (tertiary/aromatic N) is 1. The molecule has 0 aliphatic heterocycles. The van der Waals surface area contributed by atoms with Crippen LogP contribution in [-0.4, -0.2) is 17.6 Å². The third-order valence-electron chi connectivity index (χ3n) is 5.49. The van der Waals surface area contributed by atoms with Gasteiger partial charge in [-0.05, 0) is 79.7 Å². The van der Waals surface area contributed by atoms with Crippen LogP contribution in [0.3, 0.4) is 0 Å². The van der Waals surface area contributed by atoms with Gasteiger partial charge in [-0.25, -0.2) is 4.79 Å². The number of hydrogen-bond acceptors (Lipinski definition) is 3. The van der Waals surface area contributed by atoms with Crippen molar-refractivity contribution in [1.82, 2.24) is 4.98 Å². The molecule has 25 heavy (non-hydrogen) atoms. The van der Waals surface area contributed by atoms with Crippen LogP contribution in [0.5, 0.6) is 0 Å². The van der Waals surface area contributed by atoms with Gasteiger partial charge < -0.3 is 4.74 Å². The first-order valence-corrected chi connectivity index (χ1v) is 9.33. The number of hydrogen-bond donors (Lipinski definition) is 0. The highest BCUT2D eigenvalue weighted by atomic mass is 16.5. The number of esters is 1. The normalized spacial score (nSPS) is 21.0. The second kappa shape index (κ2) is 8.28. The average molecular weight is 337 g/mol. The first kappa shape index (κ1) is 17.7. The van der Waals surface area contributed by atoms with Crippen molar-refractivity contribution in [2.75, 3.05) is 6.61 Å². The van der Waals surface area contributed by atoms with Gasteiger partial charge in [-0.2, -0.15) is 0 Å². The van der Waals surface area contributed by atoms with E-state index >= 15 is 0 Å². The number of rotatable bonds is 6. The highest BCUT2D eigenvalue weighted by molar-refractivity contribution is 5.89. The maximum Gasteiger partial charge on any atom is 0.338 e. The zero-order valence-electron chi connectivity index (χ0n) is 15.2. The van der Waals surface area contributed by atoms with Crippen molar-refractivity contribution in [2.45, 2.75) is 45.4 Å². The van der Waals surface area contributed by atoms with Crippen LogP contribution < -0.4 is 0 Å². The van der Waals surface area contributed by atoms with Gasteiger partial charge in [0.1, 0.15) is 0 Å². The summed E-state index contributed by atoms with van der Waals surface area (Å²) >= 11 is 0. The first-order chi connectivity index (χ1) is 12.2. The van der Waals surface area contributed by atoms with E-state index in [-0.39, 0.29) is 5.97 Å². The molecule has 132 valence electrons. The molecule has 1 aliphatic carbocycles. The predicted octanol–water partition coefficient (Wildman–Crippen LogP) is 5.02.